The Labute approximate surface area is 201 Å². The van der Waals surface area contributed by atoms with Crippen molar-refractivity contribution in [2.45, 2.75) is 84.2 Å². The van der Waals surface area contributed by atoms with E-state index in [1.807, 2.05) is 30.3 Å². The number of hydrogen-bond acceptors (Lipinski definition) is 3. The van der Waals surface area contributed by atoms with Crippen LogP contribution in [0, 0.1) is 0 Å². The summed E-state index contributed by atoms with van der Waals surface area (Å²) in [7, 11) is 4.19. The van der Waals surface area contributed by atoms with E-state index >= 15 is 0 Å². The fourth-order valence-corrected chi connectivity index (χ4v) is 4.30. The van der Waals surface area contributed by atoms with E-state index in [2.05, 4.69) is 52.2 Å². The first kappa shape index (κ1) is 26.9. The first-order chi connectivity index (χ1) is 16.0. The molecule has 0 amide bonds. The molecule has 0 aliphatic rings. The van der Waals surface area contributed by atoms with Gasteiger partial charge in [0, 0.05) is 12.0 Å². The van der Waals surface area contributed by atoms with E-state index in [1.54, 1.807) is 0 Å². The summed E-state index contributed by atoms with van der Waals surface area (Å²) < 4.78 is 11.8. The maximum Gasteiger partial charge on any atom is 0.367 e. The van der Waals surface area contributed by atoms with Crippen LogP contribution in [0.5, 0.6) is 5.75 Å². The van der Waals surface area contributed by atoms with E-state index in [9.17, 15) is 4.79 Å². The number of ether oxygens (including phenoxy) is 2. The smallest absolute Gasteiger partial charge is 0.367 e. The molecule has 0 saturated heterocycles. The van der Waals surface area contributed by atoms with Crippen molar-refractivity contribution in [3.05, 3.63) is 65.7 Å². The van der Waals surface area contributed by atoms with Gasteiger partial charge < -0.3 is 14.0 Å². The maximum absolute atomic E-state index is 12.9. The van der Waals surface area contributed by atoms with E-state index in [-0.39, 0.29) is 18.8 Å². The number of hydrogen-bond donors (Lipinski definition) is 0. The van der Waals surface area contributed by atoms with Gasteiger partial charge in [0.15, 0.2) is 6.04 Å². The minimum Gasteiger partial charge on any atom is -0.457 e. The highest BCUT2D eigenvalue weighted by atomic mass is 16.7. The van der Waals surface area contributed by atoms with Gasteiger partial charge in [-0.25, -0.2) is 4.79 Å². The lowest BCUT2D eigenvalue weighted by Gasteiger charge is -2.36. The Balaban J connectivity index is 1.78. The lowest BCUT2D eigenvalue weighted by Crippen LogP contribution is -2.53. The number of carbonyl (C=O) groups is 1. The lowest BCUT2D eigenvalue weighted by atomic mass is 10.1. The number of unbranched alkanes of at least 4 members (excludes halogenated alkanes) is 5. The predicted molar refractivity (Wildman–Crippen MR) is 136 cm³/mol. The average Bonchev–Trinajstić information content (AvgIpc) is 2.81. The number of quaternary nitrogens is 1. The second kappa shape index (κ2) is 14.7. The van der Waals surface area contributed by atoms with Crippen molar-refractivity contribution < 1.29 is 18.8 Å². The van der Waals surface area contributed by atoms with Gasteiger partial charge in [-0.05, 0) is 37.0 Å². The maximum atomic E-state index is 12.9. The van der Waals surface area contributed by atoms with Gasteiger partial charge in [-0.3, -0.25) is 0 Å². The molecular weight excluding hydrogens is 410 g/mol. The molecule has 4 nitrogen and oxygen atoms in total. The van der Waals surface area contributed by atoms with Crippen molar-refractivity contribution >= 4 is 5.97 Å². The largest absolute Gasteiger partial charge is 0.457 e. The highest BCUT2D eigenvalue weighted by Crippen LogP contribution is 2.20. The number of aryl methyl sites for hydroxylation is 1. The summed E-state index contributed by atoms with van der Waals surface area (Å²) in [5.74, 6) is 0.539. The van der Waals surface area contributed by atoms with Gasteiger partial charge in [-0.2, -0.15) is 0 Å². The van der Waals surface area contributed by atoms with Gasteiger partial charge in [0.2, 0.25) is 6.79 Å². The van der Waals surface area contributed by atoms with Crippen LogP contribution < -0.4 is 4.74 Å². The van der Waals surface area contributed by atoms with Crippen molar-refractivity contribution in [2.75, 3.05) is 20.9 Å². The van der Waals surface area contributed by atoms with Crippen LogP contribution in [-0.2, 0) is 22.5 Å². The summed E-state index contributed by atoms with van der Waals surface area (Å²) in [6.07, 6.45) is 10.7. The van der Waals surface area contributed by atoms with E-state index < -0.39 is 0 Å². The molecule has 0 spiro atoms. The topological polar surface area (TPSA) is 35.5 Å². The Morgan fingerprint density at radius 1 is 0.818 bits per heavy atom. The number of carbonyl (C=O) groups excluding carboxylic acids is 1. The summed E-state index contributed by atoms with van der Waals surface area (Å²) in [5, 5.41) is 0. The molecule has 0 heterocycles. The summed E-state index contributed by atoms with van der Waals surface area (Å²) in [6, 6.07) is 18.2. The molecule has 0 aliphatic heterocycles. The second-order valence-electron chi connectivity index (χ2n) is 9.61. The molecule has 2 aromatic rings. The van der Waals surface area contributed by atoms with Crippen LogP contribution in [-0.4, -0.2) is 37.4 Å². The molecule has 0 bridgehead atoms. The summed E-state index contributed by atoms with van der Waals surface area (Å²) in [6.45, 7) is 5.08. The predicted octanol–water partition coefficient (Wildman–Crippen LogP) is 6.91. The van der Waals surface area contributed by atoms with Crippen LogP contribution in [0.1, 0.15) is 76.3 Å². The molecule has 2 rings (SSSR count). The van der Waals surface area contributed by atoms with Crippen molar-refractivity contribution in [1.82, 2.24) is 0 Å². The molecule has 0 saturated carbocycles. The van der Waals surface area contributed by atoms with Crippen LogP contribution in [0.25, 0.3) is 0 Å². The molecule has 182 valence electrons. The third-order valence-electron chi connectivity index (χ3n) is 6.28. The number of esters is 1. The molecule has 0 aliphatic carbocycles. The third-order valence-corrected chi connectivity index (χ3v) is 6.28. The van der Waals surface area contributed by atoms with E-state index in [0.29, 0.717) is 4.48 Å². The minimum absolute atomic E-state index is 0.0544. The van der Waals surface area contributed by atoms with Crippen LogP contribution in [0.3, 0.4) is 0 Å². The number of rotatable bonds is 16. The van der Waals surface area contributed by atoms with Crippen LogP contribution >= 0.6 is 0 Å². The van der Waals surface area contributed by atoms with Crippen LogP contribution in [0.4, 0.5) is 0 Å². The number of likely N-dealkylation sites (N-methyl/N-ethyl adjacent to an activating group) is 1. The number of nitrogens with zero attached hydrogens (tertiary/aromatic N) is 1. The Hall–Kier alpha value is -2.33. The SMILES string of the molecule is CCCCCCCCc1ccc(OCOC(=O)C(CCC)[N+](C)(C)Cc2ccccc2)cc1. The van der Waals surface area contributed by atoms with E-state index in [4.69, 9.17) is 9.47 Å². The zero-order chi connectivity index (χ0) is 23.9. The molecule has 0 N–H and O–H groups in total. The third kappa shape index (κ3) is 10.00. The van der Waals surface area contributed by atoms with Gasteiger partial charge in [-0.1, -0.05) is 88.4 Å². The van der Waals surface area contributed by atoms with Gasteiger partial charge in [0.1, 0.15) is 12.3 Å². The van der Waals surface area contributed by atoms with Crippen molar-refractivity contribution in [2.24, 2.45) is 0 Å². The standard InChI is InChI=1S/C29H44NO3/c1-5-7-8-9-10-12-16-25-19-21-27(22-20-25)32-24-33-29(31)28(15-6-2)30(3,4)23-26-17-13-11-14-18-26/h11,13-14,17-22,28H,5-10,12,15-16,23-24H2,1-4H3/q+1. The van der Waals surface area contributed by atoms with Crippen molar-refractivity contribution in [3.63, 3.8) is 0 Å². The van der Waals surface area contributed by atoms with Gasteiger partial charge in [0.05, 0.1) is 14.1 Å². The highest BCUT2D eigenvalue weighted by molar-refractivity contribution is 5.74. The monoisotopic (exact) mass is 454 g/mol. The fourth-order valence-electron chi connectivity index (χ4n) is 4.30. The van der Waals surface area contributed by atoms with Gasteiger partial charge in [0.25, 0.3) is 0 Å². The molecule has 2 aromatic carbocycles. The first-order valence-electron chi connectivity index (χ1n) is 12.7. The number of benzene rings is 2. The molecule has 0 fully saturated rings. The van der Waals surface area contributed by atoms with E-state index in [0.717, 1.165) is 31.6 Å². The molecule has 0 radical (unpaired) electrons. The Kier molecular flexibility index (Phi) is 12.0. The van der Waals surface area contributed by atoms with Gasteiger partial charge in [-0.15, -0.1) is 0 Å². The van der Waals surface area contributed by atoms with Crippen LogP contribution in [0.15, 0.2) is 54.6 Å². The molecular formula is C29H44NO3+. The average molecular weight is 455 g/mol. The molecule has 1 atom stereocenters. The summed E-state index contributed by atoms with van der Waals surface area (Å²) >= 11 is 0. The molecule has 1 unspecified atom stereocenters. The molecule has 33 heavy (non-hydrogen) atoms. The van der Waals surface area contributed by atoms with Crippen molar-refractivity contribution in [1.29, 1.82) is 0 Å². The van der Waals surface area contributed by atoms with Crippen molar-refractivity contribution in [3.8, 4) is 5.75 Å². The summed E-state index contributed by atoms with van der Waals surface area (Å²) in [4.78, 5) is 12.9. The van der Waals surface area contributed by atoms with Gasteiger partial charge >= 0.3 is 5.97 Å². The Morgan fingerprint density at radius 2 is 1.48 bits per heavy atom. The van der Waals surface area contributed by atoms with E-state index in [1.165, 1.54) is 49.7 Å². The first-order valence-corrected chi connectivity index (χ1v) is 12.7. The highest BCUT2D eigenvalue weighted by Gasteiger charge is 2.35. The fraction of sp³-hybridized carbons (Fsp3) is 0.552. The molecule has 0 aromatic heterocycles. The Bertz CT molecular complexity index is 786. The molecule has 4 heteroatoms. The Morgan fingerprint density at radius 3 is 2.15 bits per heavy atom. The zero-order valence-corrected chi connectivity index (χ0v) is 21.2. The zero-order valence-electron chi connectivity index (χ0n) is 21.2. The summed E-state index contributed by atoms with van der Waals surface area (Å²) in [5.41, 5.74) is 2.55. The normalized spacial score (nSPS) is 12.4. The lowest BCUT2D eigenvalue weighted by molar-refractivity contribution is -0.920. The quantitative estimate of drug-likeness (QED) is 0.120. The minimum atomic E-state index is -0.224. The second-order valence-corrected chi connectivity index (χ2v) is 9.61. The van der Waals surface area contributed by atoms with Crippen LogP contribution in [0.2, 0.25) is 0 Å².